The van der Waals surface area contributed by atoms with Gasteiger partial charge in [0, 0.05) is 18.7 Å². The van der Waals surface area contributed by atoms with Gasteiger partial charge in [-0.1, -0.05) is 0 Å². The van der Waals surface area contributed by atoms with Gasteiger partial charge in [-0.3, -0.25) is 14.9 Å². The molecule has 21 heavy (non-hydrogen) atoms. The summed E-state index contributed by atoms with van der Waals surface area (Å²) in [4.78, 5) is 24.1. The van der Waals surface area contributed by atoms with E-state index in [0.29, 0.717) is 0 Å². The fourth-order valence-corrected chi connectivity index (χ4v) is 2.11. The van der Waals surface area contributed by atoms with Crippen LogP contribution in [-0.4, -0.2) is 39.5 Å². The molecular formula is C14H19FN2O4. The van der Waals surface area contributed by atoms with Gasteiger partial charge in [-0.15, -0.1) is 0 Å². The molecule has 0 aliphatic rings. The molecule has 0 atom stereocenters. The Balaban J connectivity index is 3.31. The van der Waals surface area contributed by atoms with Crippen molar-refractivity contribution < 1.29 is 19.2 Å². The summed E-state index contributed by atoms with van der Waals surface area (Å²) in [6.07, 6.45) is 0. The van der Waals surface area contributed by atoms with Gasteiger partial charge in [-0.25, -0.2) is 4.39 Å². The number of benzene rings is 1. The molecule has 0 unspecified atom stereocenters. The van der Waals surface area contributed by atoms with Crippen LogP contribution in [0.3, 0.4) is 0 Å². The van der Waals surface area contributed by atoms with Crippen LogP contribution in [0, 0.1) is 22.9 Å². The van der Waals surface area contributed by atoms with Gasteiger partial charge in [0.25, 0.3) is 11.6 Å². The summed E-state index contributed by atoms with van der Waals surface area (Å²) in [5, 5.41) is 20.9. The molecule has 0 radical (unpaired) electrons. The standard InChI is InChI=1S/C14H19FN2O4/c1-5-16(8-14(3,4)19)13(18)11-7-10(15)6-9(2)12(11)17(20)21/h6-7,19H,5,8H2,1-4H3. The van der Waals surface area contributed by atoms with Gasteiger partial charge in [0.1, 0.15) is 11.4 Å². The molecule has 1 rings (SSSR count). The summed E-state index contributed by atoms with van der Waals surface area (Å²) in [6.45, 7) is 6.35. The summed E-state index contributed by atoms with van der Waals surface area (Å²) >= 11 is 0. The van der Waals surface area contributed by atoms with E-state index in [1.807, 2.05) is 0 Å². The smallest absolute Gasteiger partial charge is 0.285 e. The first-order valence-electron chi connectivity index (χ1n) is 6.53. The van der Waals surface area contributed by atoms with Gasteiger partial charge < -0.3 is 10.0 Å². The first-order valence-corrected chi connectivity index (χ1v) is 6.53. The van der Waals surface area contributed by atoms with Crippen molar-refractivity contribution in [1.29, 1.82) is 0 Å². The number of rotatable bonds is 5. The monoisotopic (exact) mass is 298 g/mol. The molecule has 0 aromatic heterocycles. The van der Waals surface area contributed by atoms with Gasteiger partial charge in [0.05, 0.1) is 10.5 Å². The molecule has 0 heterocycles. The maximum Gasteiger partial charge on any atom is 0.285 e. The van der Waals surface area contributed by atoms with Gasteiger partial charge in [0.2, 0.25) is 0 Å². The van der Waals surface area contributed by atoms with Crippen molar-refractivity contribution in [2.45, 2.75) is 33.3 Å². The fourth-order valence-electron chi connectivity index (χ4n) is 2.11. The molecule has 0 aliphatic heterocycles. The molecule has 0 aliphatic carbocycles. The predicted octanol–water partition coefficient (Wildman–Crippen LogP) is 2.28. The number of aryl methyl sites for hydroxylation is 1. The van der Waals surface area contributed by atoms with Crippen LogP contribution in [0.15, 0.2) is 12.1 Å². The second-order valence-corrected chi connectivity index (χ2v) is 5.51. The van der Waals surface area contributed by atoms with Crippen LogP contribution in [0.1, 0.15) is 36.7 Å². The summed E-state index contributed by atoms with van der Waals surface area (Å²) in [7, 11) is 0. The Morgan fingerprint density at radius 3 is 2.48 bits per heavy atom. The van der Waals surface area contributed by atoms with E-state index in [-0.39, 0.29) is 24.2 Å². The maximum absolute atomic E-state index is 13.5. The number of amides is 1. The number of nitrogens with zero attached hydrogens (tertiary/aromatic N) is 2. The number of hydrogen-bond donors (Lipinski definition) is 1. The average Bonchev–Trinajstić information content (AvgIpc) is 2.32. The van der Waals surface area contributed by atoms with E-state index in [9.17, 15) is 24.4 Å². The van der Waals surface area contributed by atoms with Crippen LogP contribution in [0.25, 0.3) is 0 Å². The lowest BCUT2D eigenvalue weighted by molar-refractivity contribution is -0.385. The van der Waals surface area contributed by atoms with Crippen molar-refractivity contribution >= 4 is 11.6 Å². The highest BCUT2D eigenvalue weighted by molar-refractivity contribution is 5.98. The van der Waals surface area contributed by atoms with Crippen molar-refractivity contribution in [2.24, 2.45) is 0 Å². The average molecular weight is 298 g/mol. The summed E-state index contributed by atoms with van der Waals surface area (Å²) in [6, 6.07) is 1.88. The molecule has 1 aromatic carbocycles. The van der Waals surface area contributed by atoms with E-state index in [4.69, 9.17) is 0 Å². The number of nitro benzene ring substituents is 1. The van der Waals surface area contributed by atoms with Gasteiger partial charge in [-0.05, 0) is 39.8 Å². The second-order valence-electron chi connectivity index (χ2n) is 5.51. The quantitative estimate of drug-likeness (QED) is 0.667. The minimum Gasteiger partial charge on any atom is -0.389 e. The number of halogens is 1. The normalized spacial score (nSPS) is 11.3. The molecule has 116 valence electrons. The zero-order valence-corrected chi connectivity index (χ0v) is 12.5. The van der Waals surface area contributed by atoms with Crippen molar-refractivity contribution in [2.75, 3.05) is 13.1 Å². The number of carbonyl (C=O) groups excluding carboxylic acids is 1. The summed E-state index contributed by atoms with van der Waals surface area (Å²) in [5.41, 5.74) is -1.77. The Bertz CT molecular complexity index is 567. The number of likely N-dealkylation sites (N-methyl/N-ethyl adjacent to an activating group) is 1. The Kier molecular flexibility index (Phi) is 5.01. The number of aliphatic hydroxyl groups is 1. The molecule has 6 nitrogen and oxygen atoms in total. The molecule has 7 heteroatoms. The van der Waals surface area contributed by atoms with E-state index in [1.54, 1.807) is 6.92 Å². The third-order valence-electron chi connectivity index (χ3n) is 2.92. The van der Waals surface area contributed by atoms with Gasteiger partial charge >= 0.3 is 0 Å². The van der Waals surface area contributed by atoms with Crippen LogP contribution in [-0.2, 0) is 0 Å². The van der Waals surface area contributed by atoms with Crippen LogP contribution in [0.5, 0.6) is 0 Å². The largest absolute Gasteiger partial charge is 0.389 e. The summed E-state index contributed by atoms with van der Waals surface area (Å²) < 4.78 is 13.5. The molecule has 1 N–H and O–H groups in total. The Morgan fingerprint density at radius 1 is 1.48 bits per heavy atom. The number of carbonyl (C=O) groups is 1. The minimum absolute atomic E-state index is 0.00491. The van der Waals surface area contributed by atoms with E-state index < -0.39 is 27.9 Å². The highest BCUT2D eigenvalue weighted by atomic mass is 19.1. The van der Waals surface area contributed by atoms with Crippen molar-refractivity contribution in [1.82, 2.24) is 4.90 Å². The van der Waals surface area contributed by atoms with Gasteiger partial charge in [-0.2, -0.15) is 0 Å². The molecule has 1 amide bonds. The van der Waals surface area contributed by atoms with E-state index in [2.05, 4.69) is 0 Å². The molecule has 0 spiro atoms. The molecular weight excluding hydrogens is 279 g/mol. The summed E-state index contributed by atoms with van der Waals surface area (Å²) in [5.74, 6) is -1.38. The molecule has 0 saturated heterocycles. The lowest BCUT2D eigenvalue weighted by Crippen LogP contribution is -2.42. The van der Waals surface area contributed by atoms with E-state index in [1.165, 1.54) is 25.7 Å². The van der Waals surface area contributed by atoms with Crippen LogP contribution < -0.4 is 0 Å². The first kappa shape index (κ1) is 17.0. The van der Waals surface area contributed by atoms with Crippen LogP contribution in [0.2, 0.25) is 0 Å². The van der Waals surface area contributed by atoms with Crippen molar-refractivity contribution in [3.63, 3.8) is 0 Å². The topological polar surface area (TPSA) is 83.7 Å². The Morgan fingerprint density at radius 2 is 2.05 bits per heavy atom. The highest BCUT2D eigenvalue weighted by Crippen LogP contribution is 2.26. The molecule has 0 fully saturated rings. The predicted molar refractivity (Wildman–Crippen MR) is 75.7 cm³/mol. The zero-order chi connectivity index (χ0) is 16.4. The first-order chi connectivity index (χ1) is 9.56. The van der Waals surface area contributed by atoms with Crippen molar-refractivity contribution in [3.8, 4) is 0 Å². The third kappa shape index (κ3) is 4.22. The lowest BCUT2D eigenvalue weighted by atomic mass is 10.0. The molecule has 1 aromatic rings. The number of nitro groups is 1. The van der Waals surface area contributed by atoms with E-state index in [0.717, 1.165) is 12.1 Å². The van der Waals surface area contributed by atoms with Crippen molar-refractivity contribution in [3.05, 3.63) is 39.2 Å². The van der Waals surface area contributed by atoms with Crippen LogP contribution in [0.4, 0.5) is 10.1 Å². The fraction of sp³-hybridized carbons (Fsp3) is 0.500. The third-order valence-corrected chi connectivity index (χ3v) is 2.92. The highest BCUT2D eigenvalue weighted by Gasteiger charge is 2.29. The maximum atomic E-state index is 13.5. The molecule has 0 bridgehead atoms. The van der Waals surface area contributed by atoms with Crippen LogP contribution >= 0.6 is 0 Å². The SMILES string of the molecule is CCN(CC(C)(C)O)C(=O)c1cc(F)cc(C)c1[N+](=O)[O-]. The Hall–Kier alpha value is -2.02. The second kappa shape index (κ2) is 6.17. The Labute approximate surface area is 122 Å². The lowest BCUT2D eigenvalue weighted by Gasteiger charge is -2.28. The molecule has 0 saturated carbocycles. The number of hydrogen-bond acceptors (Lipinski definition) is 4. The zero-order valence-electron chi connectivity index (χ0n) is 12.5. The van der Waals surface area contributed by atoms with E-state index >= 15 is 0 Å². The van der Waals surface area contributed by atoms with Gasteiger partial charge in [0.15, 0.2) is 0 Å². The minimum atomic E-state index is -1.15.